The fourth-order valence-corrected chi connectivity index (χ4v) is 2.39. The van der Waals surface area contributed by atoms with Gasteiger partial charge >= 0.3 is 5.97 Å². The molecule has 5 heteroatoms. The van der Waals surface area contributed by atoms with Gasteiger partial charge in [-0.1, -0.05) is 6.92 Å². The lowest BCUT2D eigenvalue weighted by Crippen LogP contribution is -2.38. The molecule has 2 N–H and O–H groups in total. The van der Waals surface area contributed by atoms with E-state index in [1.165, 1.54) is 0 Å². The number of aliphatic hydroxyl groups is 2. The van der Waals surface area contributed by atoms with Crippen molar-refractivity contribution in [3.05, 3.63) is 0 Å². The van der Waals surface area contributed by atoms with Crippen LogP contribution in [-0.4, -0.2) is 47.7 Å². The summed E-state index contributed by atoms with van der Waals surface area (Å²) >= 11 is 0. The van der Waals surface area contributed by atoms with Crippen molar-refractivity contribution in [2.24, 2.45) is 5.92 Å². The number of hydrogen-bond donors (Lipinski definition) is 2. The highest BCUT2D eigenvalue weighted by atomic mass is 16.5. The van der Waals surface area contributed by atoms with Gasteiger partial charge in [-0.25, -0.2) is 0 Å². The third kappa shape index (κ3) is 5.33. The van der Waals surface area contributed by atoms with Gasteiger partial charge in [-0.2, -0.15) is 0 Å². The number of rotatable bonds is 6. The molecule has 1 saturated heterocycles. The van der Waals surface area contributed by atoms with Crippen LogP contribution in [0.1, 0.15) is 39.5 Å². The van der Waals surface area contributed by atoms with Crippen molar-refractivity contribution in [1.82, 2.24) is 0 Å². The molecule has 0 aromatic heterocycles. The molecule has 18 heavy (non-hydrogen) atoms. The van der Waals surface area contributed by atoms with E-state index in [0.717, 1.165) is 0 Å². The molecular weight excluding hydrogens is 236 g/mol. The highest BCUT2D eigenvalue weighted by Crippen LogP contribution is 2.25. The molecule has 4 atom stereocenters. The number of ether oxygens (including phenoxy) is 2. The van der Waals surface area contributed by atoms with Crippen molar-refractivity contribution in [3.8, 4) is 0 Å². The van der Waals surface area contributed by atoms with Gasteiger partial charge < -0.3 is 19.7 Å². The molecule has 0 aromatic rings. The van der Waals surface area contributed by atoms with Gasteiger partial charge in [-0.05, 0) is 25.7 Å². The van der Waals surface area contributed by atoms with Gasteiger partial charge in [0.05, 0.1) is 31.5 Å². The van der Waals surface area contributed by atoms with E-state index in [1.807, 2.05) is 6.92 Å². The minimum absolute atomic E-state index is 0.0696. The molecule has 1 fully saturated rings. The Kier molecular flexibility index (Phi) is 6.60. The molecule has 1 aliphatic heterocycles. The van der Waals surface area contributed by atoms with Crippen LogP contribution in [0.2, 0.25) is 0 Å². The van der Waals surface area contributed by atoms with Gasteiger partial charge in [0.1, 0.15) is 0 Å². The molecule has 0 radical (unpaired) electrons. The zero-order valence-corrected chi connectivity index (χ0v) is 11.2. The molecule has 1 aliphatic rings. The third-order valence-corrected chi connectivity index (χ3v) is 3.14. The monoisotopic (exact) mass is 260 g/mol. The Hall–Kier alpha value is -0.650. The molecule has 4 unspecified atom stereocenters. The van der Waals surface area contributed by atoms with Crippen LogP contribution in [0.15, 0.2) is 0 Å². The predicted molar refractivity (Wildman–Crippen MR) is 66.0 cm³/mol. The number of esters is 1. The van der Waals surface area contributed by atoms with Crippen LogP contribution < -0.4 is 0 Å². The Bertz CT molecular complexity index is 256. The van der Waals surface area contributed by atoms with Crippen molar-refractivity contribution < 1.29 is 24.5 Å². The summed E-state index contributed by atoms with van der Waals surface area (Å²) in [4.78, 5) is 11.3. The Morgan fingerprint density at radius 2 is 2.11 bits per heavy atom. The second-order valence-electron chi connectivity index (χ2n) is 5.04. The molecule has 1 heterocycles. The summed E-state index contributed by atoms with van der Waals surface area (Å²) in [5.74, 6) is -0.0428. The summed E-state index contributed by atoms with van der Waals surface area (Å²) in [5.41, 5.74) is 0. The standard InChI is InChI=1S/C13H24O5/c1-3-17-13(16)5-9(2)4-11-6-10(15)7-12(8-14)18-11/h9-12,14-15H,3-8H2,1-2H3. The first kappa shape index (κ1) is 15.4. The zero-order valence-electron chi connectivity index (χ0n) is 11.2. The average molecular weight is 260 g/mol. The van der Waals surface area contributed by atoms with E-state index >= 15 is 0 Å². The number of hydrogen-bond acceptors (Lipinski definition) is 5. The first-order chi connectivity index (χ1) is 8.55. The van der Waals surface area contributed by atoms with Crippen LogP contribution in [0.25, 0.3) is 0 Å². The average Bonchev–Trinajstić information content (AvgIpc) is 2.27. The topological polar surface area (TPSA) is 76.0 Å². The van der Waals surface area contributed by atoms with Crippen LogP contribution in [0.4, 0.5) is 0 Å². The van der Waals surface area contributed by atoms with E-state index < -0.39 is 6.10 Å². The van der Waals surface area contributed by atoms with E-state index in [2.05, 4.69) is 0 Å². The van der Waals surface area contributed by atoms with Gasteiger partial charge in [0.2, 0.25) is 0 Å². The van der Waals surface area contributed by atoms with E-state index in [-0.39, 0.29) is 30.7 Å². The first-order valence-electron chi connectivity index (χ1n) is 6.65. The number of carbonyl (C=O) groups is 1. The van der Waals surface area contributed by atoms with Gasteiger partial charge in [0.25, 0.3) is 0 Å². The molecule has 0 bridgehead atoms. The van der Waals surface area contributed by atoms with Crippen LogP contribution in [0.3, 0.4) is 0 Å². The Morgan fingerprint density at radius 3 is 2.72 bits per heavy atom. The molecule has 0 aliphatic carbocycles. The molecular formula is C13H24O5. The molecule has 106 valence electrons. The van der Waals surface area contributed by atoms with E-state index in [1.54, 1.807) is 6.92 Å². The maximum Gasteiger partial charge on any atom is 0.306 e. The van der Waals surface area contributed by atoms with E-state index in [9.17, 15) is 9.90 Å². The molecule has 0 spiro atoms. The highest BCUT2D eigenvalue weighted by Gasteiger charge is 2.29. The Morgan fingerprint density at radius 1 is 1.44 bits per heavy atom. The summed E-state index contributed by atoms with van der Waals surface area (Å²) in [5, 5.41) is 18.7. The minimum Gasteiger partial charge on any atom is -0.466 e. The lowest BCUT2D eigenvalue weighted by Gasteiger charge is -2.33. The molecule has 0 aromatic carbocycles. The minimum atomic E-state index is -0.421. The summed E-state index contributed by atoms with van der Waals surface area (Å²) in [6.45, 7) is 4.08. The largest absolute Gasteiger partial charge is 0.466 e. The summed E-state index contributed by atoms with van der Waals surface area (Å²) in [6.07, 6.45) is 1.34. The second kappa shape index (κ2) is 7.71. The van der Waals surface area contributed by atoms with Crippen molar-refractivity contribution >= 4 is 5.97 Å². The van der Waals surface area contributed by atoms with Crippen LogP contribution in [0, 0.1) is 5.92 Å². The highest BCUT2D eigenvalue weighted by molar-refractivity contribution is 5.69. The fourth-order valence-electron chi connectivity index (χ4n) is 2.39. The smallest absolute Gasteiger partial charge is 0.306 e. The lowest BCUT2D eigenvalue weighted by molar-refractivity contribution is -0.145. The number of aliphatic hydroxyl groups excluding tert-OH is 2. The predicted octanol–water partition coefficient (Wildman–Crippen LogP) is 0.867. The van der Waals surface area contributed by atoms with Crippen LogP contribution >= 0.6 is 0 Å². The molecule has 5 nitrogen and oxygen atoms in total. The van der Waals surface area contributed by atoms with E-state index in [4.69, 9.17) is 14.6 Å². The summed E-state index contributed by atoms with van der Waals surface area (Å²) in [6, 6.07) is 0. The van der Waals surface area contributed by atoms with Crippen molar-refractivity contribution in [3.63, 3.8) is 0 Å². The van der Waals surface area contributed by atoms with Crippen molar-refractivity contribution in [2.75, 3.05) is 13.2 Å². The summed E-state index contributed by atoms with van der Waals surface area (Å²) in [7, 11) is 0. The van der Waals surface area contributed by atoms with Gasteiger partial charge in [0, 0.05) is 12.8 Å². The first-order valence-corrected chi connectivity index (χ1v) is 6.65. The molecule has 0 amide bonds. The van der Waals surface area contributed by atoms with Gasteiger partial charge in [-0.15, -0.1) is 0 Å². The van der Waals surface area contributed by atoms with Gasteiger partial charge in [0.15, 0.2) is 0 Å². The third-order valence-electron chi connectivity index (χ3n) is 3.14. The fraction of sp³-hybridized carbons (Fsp3) is 0.923. The quantitative estimate of drug-likeness (QED) is 0.693. The van der Waals surface area contributed by atoms with Crippen LogP contribution in [0.5, 0.6) is 0 Å². The normalized spacial score (nSPS) is 29.9. The van der Waals surface area contributed by atoms with Crippen LogP contribution in [-0.2, 0) is 14.3 Å². The maximum atomic E-state index is 11.3. The second-order valence-corrected chi connectivity index (χ2v) is 5.04. The number of carbonyl (C=O) groups excluding carboxylic acids is 1. The lowest BCUT2D eigenvalue weighted by atomic mass is 9.93. The molecule has 1 rings (SSSR count). The van der Waals surface area contributed by atoms with Gasteiger partial charge in [-0.3, -0.25) is 4.79 Å². The molecule has 0 saturated carbocycles. The Labute approximate surface area is 108 Å². The summed E-state index contributed by atoms with van der Waals surface area (Å²) < 4.78 is 10.6. The Balaban J connectivity index is 2.34. The SMILES string of the molecule is CCOC(=O)CC(C)CC1CC(O)CC(CO)O1. The van der Waals surface area contributed by atoms with E-state index in [0.29, 0.717) is 32.3 Å². The zero-order chi connectivity index (χ0) is 13.5. The maximum absolute atomic E-state index is 11.3. The van der Waals surface area contributed by atoms with Crippen molar-refractivity contribution in [1.29, 1.82) is 0 Å². The van der Waals surface area contributed by atoms with Crippen molar-refractivity contribution in [2.45, 2.75) is 57.8 Å².